The minimum absolute atomic E-state index is 0.0463. The number of nitrogens with zero attached hydrogens (tertiary/aromatic N) is 1. The number of carboxylic acid groups (broad SMARTS) is 1. The lowest BCUT2D eigenvalue weighted by molar-refractivity contribution is -0.137. The van der Waals surface area contributed by atoms with Gasteiger partial charge in [0.25, 0.3) is 10.2 Å². The maximum Gasteiger partial charge on any atom is 0.318 e. The van der Waals surface area contributed by atoms with Gasteiger partial charge in [-0.05, 0) is 26.7 Å². The smallest absolute Gasteiger partial charge is 0.318 e. The summed E-state index contributed by atoms with van der Waals surface area (Å²) in [6, 6.07) is -0.417. The molecule has 1 saturated carbocycles. The second-order valence-corrected chi connectivity index (χ2v) is 6.29. The molecule has 0 aromatic carbocycles. The zero-order valence-corrected chi connectivity index (χ0v) is 11.0. The van der Waals surface area contributed by atoms with E-state index in [4.69, 9.17) is 5.11 Å². The topological polar surface area (TPSA) is 86.7 Å². The van der Waals surface area contributed by atoms with Gasteiger partial charge in [-0.25, -0.2) is 0 Å². The van der Waals surface area contributed by atoms with Crippen LogP contribution in [0.4, 0.5) is 0 Å². The summed E-state index contributed by atoms with van der Waals surface area (Å²) in [5.41, 5.74) is 0. The Morgan fingerprint density at radius 1 is 1.41 bits per heavy atom. The molecular formula is C10H20N2O4S. The van der Waals surface area contributed by atoms with E-state index in [-0.39, 0.29) is 12.1 Å². The Hall–Kier alpha value is -0.660. The van der Waals surface area contributed by atoms with Gasteiger partial charge in [-0.1, -0.05) is 12.8 Å². The van der Waals surface area contributed by atoms with E-state index < -0.39 is 22.7 Å². The van der Waals surface area contributed by atoms with Crippen molar-refractivity contribution in [3.63, 3.8) is 0 Å². The van der Waals surface area contributed by atoms with Crippen LogP contribution in [0.15, 0.2) is 0 Å². The molecule has 0 atom stereocenters. The molecule has 0 spiro atoms. The number of rotatable bonds is 6. The monoisotopic (exact) mass is 264 g/mol. The van der Waals surface area contributed by atoms with Crippen LogP contribution in [0, 0.1) is 0 Å². The van der Waals surface area contributed by atoms with Gasteiger partial charge in [0.15, 0.2) is 0 Å². The van der Waals surface area contributed by atoms with E-state index in [0.717, 1.165) is 30.0 Å². The quantitative estimate of drug-likeness (QED) is 0.734. The molecule has 7 heteroatoms. The number of carboxylic acids is 1. The first-order valence-corrected chi connectivity index (χ1v) is 7.28. The highest BCUT2D eigenvalue weighted by molar-refractivity contribution is 7.87. The highest BCUT2D eigenvalue weighted by Crippen LogP contribution is 2.19. The van der Waals surface area contributed by atoms with E-state index in [1.807, 2.05) is 0 Å². The predicted molar refractivity (Wildman–Crippen MR) is 63.8 cm³/mol. The van der Waals surface area contributed by atoms with Crippen molar-refractivity contribution in [2.75, 3.05) is 6.54 Å². The van der Waals surface area contributed by atoms with Crippen LogP contribution in [0.2, 0.25) is 0 Å². The highest BCUT2D eigenvalue weighted by atomic mass is 32.2. The van der Waals surface area contributed by atoms with Crippen molar-refractivity contribution in [2.45, 2.75) is 51.6 Å². The highest BCUT2D eigenvalue weighted by Gasteiger charge is 2.30. The summed E-state index contributed by atoms with van der Waals surface area (Å²) in [5, 5.41) is 8.72. The third-order valence-corrected chi connectivity index (χ3v) is 4.65. The van der Waals surface area contributed by atoms with Gasteiger partial charge in [-0.3, -0.25) is 4.79 Å². The molecule has 0 radical (unpaired) electrons. The fourth-order valence-electron chi connectivity index (χ4n) is 2.00. The van der Waals surface area contributed by atoms with E-state index in [1.54, 1.807) is 13.8 Å². The number of nitrogens with one attached hydrogen (secondary N) is 1. The molecule has 1 aliphatic rings. The van der Waals surface area contributed by atoms with Crippen molar-refractivity contribution in [1.29, 1.82) is 0 Å². The maximum absolute atomic E-state index is 12.0. The van der Waals surface area contributed by atoms with Crippen molar-refractivity contribution >= 4 is 16.2 Å². The molecule has 1 rings (SSSR count). The lowest BCUT2D eigenvalue weighted by Crippen LogP contribution is -2.49. The minimum Gasteiger partial charge on any atom is -0.480 e. The van der Waals surface area contributed by atoms with Gasteiger partial charge < -0.3 is 5.11 Å². The van der Waals surface area contributed by atoms with Crippen molar-refractivity contribution < 1.29 is 18.3 Å². The molecule has 0 aromatic heterocycles. The molecule has 17 heavy (non-hydrogen) atoms. The Labute approximate surface area is 102 Å². The molecule has 6 nitrogen and oxygen atoms in total. The molecule has 0 amide bonds. The number of hydrogen-bond donors (Lipinski definition) is 2. The maximum atomic E-state index is 12.0. The van der Waals surface area contributed by atoms with Gasteiger partial charge in [-0.2, -0.15) is 17.4 Å². The summed E-state index contributed by atoms with van der Waals surface area (Å²) in [4.78, 5) is 10.7. The minimum atomic E-state index is -3.70. The Morgan fingerprint density at radius 3 is 2.35 bits per heavy atom. The molecule has 1 fully saturated rings. The zero-order chi connectivity index (χ0) is 13.1. The van der Waals surface area contributed by atoms with Gasteiger partial charge >= 0.3 is 5.97 Å². The van der Waals surface area contributed by atoms with Crippen LogP contribution < -0.4 is 4.72 Å². The predicted octanol–water partition coefficient (Wildman–Crippen LogP) is 0.558. The lowest BCUT2D eigenvalue weighted by atomic mass is 10.3. The Kier molecular flexibility index (Phi) is 4.91. The molecule has 0 bridgehead atoms. The first-order valence-electron chi connectivity index (χ1n) is 5.84. The molecule has 0 unspecified atom stereocenters. The first-order chi connectivity index (χ1) is 7.83. The van der Waals surface area contributed by atoms with E-state index in [9.17, 15) is 13.2 Å². The third-order valence-electron chi connectivity index (χ3n) is 2.85. The Balaban J connectivity index is 2.72. The molecule has 1 aliphatic carbocycles. The van der Waals surface area contributed by atoms with Crippen molar-refractivity contribution in [3.05, 3.63) is 0 Å². The van der Waals surface area contributed by atoms with Gasteiger partial charge in [0.2, 0.25) is 0 Å². The third kappa shape index (κ3) is 4.25. The van der Waals surface area contributed by atoms with Gasteiger partial charge in [-0.15, -0.1) is 0 Å². The first kappa shape index (κ1) is 14.4. The van der Waals surface area contributed by atoms with Gasteiger partial charge in [0.1, 0.15) is 6.54 Å². The molecule has 100 valence electrons. The number of hydrogen-bond acceptors (Lipinski definition) is 3. The van der Waals surface area contributed by atoms with Crippen LogP contribution in [0.1, 0.15) is 39.5 Å². The van der Waals surface area contributed by atoms with Gasteiger partial charge in [0.05, 0.1) is 0 Å². The molecule has 0 heterocycles. The largest absolute Gasteiger partial charge is 0.480 e. The summed E-state index contributed by atoms with van der Waals surface area (Å²) in [6.45, 7) is 2.83. The Morgan fingerprint density at radius 2 is 1.94 bits per heavy atom. The normalized spacial score (nSPS) is 18.1. The van der Waals surface area contributed by atoms with Gasteiger partial charge in [0, 0.05) is 12.1 Å². The van der Waals surface area contributed by atoms with Crippen LogP contribution in [0.3, 0.4) is 0 Å². The summed E-state index contributed by atoms with van der Waals surface area (Å²) in [7, 11) is -3.70. The number of aliphatic carboxylic acids is 1. The van der Waals surface area contributed by atoms with Crippen molar-refractivity contribution in [3.8, 4) is 0 Å². The molecule has 0 aliphatic heterocycles. The molecule has 2 N–H and O–H groups in total. The second kappa shape index (κ2) is 5.79. The van der Waals surface area contributed by atoms with E-state index in [0.29, 0.717) is 0 Å². The van der Waals surface area contributed by atoms with E-state index in [2.05, 4.69) is 4.72 Å². The average Bonchev–Trinajstić information content (AvgIpc) is 2.65. The summed E-state index contributed by atoms with van der Waals surface area (Å²) in [6.07, 6.45) is 3.71. The van der Waals surface area contributed by atoms with Crippen LogP contribution in [0.25, 0.3) is 0 Å². The fourth-order valence-corrected chi connectivity index (χ4v) is 3.63. The summed E-state index contributed by atoms with van der Waals surface area (Å²) in [5.74, 6) is -1.14. The fraction of sp³-hybridized carbons (Fsp3) is 0.900. The average molecular weight is 264 g/mol. The molecule has 0 saturated heterocycles. The summed E-state index contributed by atoms with van der Waals surface area (Å²) < 4.78 is 27.6. The van der Waals surface area contributed by atoms with Crippen LogP contribution in [-0.4, -0.2) is 42.4 Å². The Bertz CT molecular complexity index is 361. The summed E-state index contributed by atoms with van der Waals surface area (Å²) >= 11 is 0. The standard InChI is InChI=1S/C10H20N2O4S/c1-8(2)12(7-10(13)14)17(15,16)11-9-5-3-4-6-9/h8-9,11H,3-7H2,1-2H3,(H,13,14). The van der Waals surface area contributed by atoms with Crippen molar-refractivity contribution in [1.82, 2.24) is 9.03 Å². The number of carbonyl (C=O) groups is 1. The van der Waals surface area contributed by atoms with Crippen molar-refractivity contribution in [2.24, 2.45) is 0 Å². The lowest BCUT2D eigenvalue weighted by Gasteiger charge is -2.26. The second-order valence-electron chi connectivity index (χ2n) is 4.64. The van der Waals surface area contributed by atoms with Crippen LogP contribution in [-0.2, 0) is 15.0 Å². The van der Waals surface area contributed by atoms with Crippen LogP contribution in [0.5, 0.6) is 0 Å². The molecular weight excluding hydrogens is 244 g/mol. The van der Waals surface area contributed by atoms with E-state index >= 15 is 0 Å². The SMILES string of the molecule is CC(C)N(CC(=O)O)S(=O)(=O)NC1CCCC1. The van der Waals surface area contributed by atoms with E-state index in [1.165, 1.54) is 0 Å². The zero-order valence-electron chi connectivity index (χ0n) is 10.2. The molecule has 0 aromatic rings. The van der Waals surface area contributed by atoms with Crippen LogP contribution >= 0.6 is 0 Å².